The molecule has 1 fully saturated rings. The summed E-state index contributed by atoms with van der Waals surface area (Å²) < 4.78 is 40.7. The van der Waals surface area contributed by atoms with Gasteiger partial charge in [-0.3, -0.25) is 4.79 Å². The van der Waals surface area contributed by atoms with Gasteiger partial charge in [-0.2, -0.15) is 8.78 Å². The van der Waals surface area contributed by atoms with Gasteiger partial charge in [0.15, 0.2) is 0 Å². The van der Waals surface area contributed by atoms with Gasteiger partial charge in [-0.25, -0.2) is 9.63 Å². The fraction of sp³-hybridized carbons (Fsp3) is 0.297. The zero-order valence-corrected chi connectivity index (χ0v) is 25.8. The van der Waals surface area contributed by atoms with Crippen LogP contribution in [-0.2, 0) is 42.9 Å². The lowest BCUT2D eigenvalue weighted by atomic mass is 9.73. The minimum atomic E-state index is -3.88. The molecule has 0 amide bonds. The van der Waals surface area contributed by atoms with Crippen LogP contribution in [0.5, 0.6) is 0 Å². The molecule has 0 saturated carbocycles. The molecule has 1 saturated heterocycles. The molecule has 5 rings (SSSR count). The molecule has 0 aromatic heterocycles. The van der Waals surface area contributed by atoms with Crippen LogP contribution < -0.4 is 0 Å². The summed E-state index contributed by atoms with van der Waals surface area (Å²) >= 11 is 0. The van der Waals surface area contributed by atoms with Crippen LogP contribution in [0, 0.1) is 10.8 Å². The standard InChI is InChI=1S/C37H36F2NO6/c1-36(2,3)45-35(42)37(38,39)29-21-19-25(20-22-29)23-30-32(34(41)44-24-26-13-7-4-8-14-26)31(27-15-9-5-10-16-27)33(46-40(30)43)28-17-11-6-12-18-28/h4-22,30-33H,23-24H2,1-3H3/q+1/t30-,31+,32?,33-/m1/s1. The highest BCUT2D eigenvalue weighted by Crippen LogP contribution is 2.46. The summed E-state index contributed by atoms with van der Waals surface area (Å²) in [6.07, 6.45) is -0.820. The number of nitrogens with zero attached hydrogens (tertiary/aromatic N) is 1. The van der Waals surface area contributed by atoms with Gasteiger partial charge in [0.25, 0.3) is 6.04 Å². The van der Waals surface area contributed by atoms with Gasteiger partial charge in [0.05, 0.1) is 10.8 Å². The van der Waals surface area contributed by atoms with Gasteiger partial charge in [0.1, 0.15) is 18.1 Å². The fourth-order valence-corrected chi connectivity index (χ4v) is 5.66. The predicted molar refractivity (Wildman–Crippen MR) is 166 cm³/mol. The number of alkyl halides is 2. The van der Waals surface area contributed by atoms with Gasteiger partial charge in [-0.05, 0) is 37.5 Å². The number of ether oxygens (including phenoxy) is 2. The van der Waals surface area contributed by atoms with E-state index in [4.69, 9.17) is 14.3 Å². The molecule has 0 aliphatic carbocycles. The summed E-state index contributed by atoms with van der Waals surface area (Å²) in [5.41, 5.74) is 1.14. The maximum absolute atomic E-state index is 15.0. The van der Waals surface area contributed by atoms with E-state index in [2.05, 4.69) is 0 Å². The Morgan fingerprint density at radius 3 is 1.87 bits per heavy atom. The molecule has 238 valence electrons. The Balaban J connectivity index is 1.49. The molecule has 46 heavy (non-hydrogen) atoms. The van der Waals surface area contributed by atoms with Crippen molar-refractivity contribution in [3.63, 3.8) is 0 Å². The van der Waals surface area contributed by atoms with Crippen molar-refractivity contribution in [2.24, 2.45) is 5.92 Å². The van der Waals surface area contributed by atoms with Crippen LogP contribution in [-0.4, -0.2) is 28.5 Å². The van der Waals surface area contributed by atoms with E-state index in [1.807, 2.05) is 91.0 Å². The van der Waals surface area contributed by atoms with Crippen LogP contribution in [0.1, 0.15) is 60.6 Å². The Labute approximate surface area is 266 Å². The average molecular weight is 629 g/mol. The van der Waals surface area contributed by atoms with Crippen molar-refractivity contribution >= 4 is 11.9 Å². The van der Waals surface area contributed by atoms with Gasteiger partial charge in [-0.1, -0.05) is 115 Å². The summed E-state index contributed by atoms with van der Waals surface area (Å²) in [4.78, 5) is 46.5. The maximum Gasteiger partial charge on any atom is 0.382 e. The van der Waals surface area contributed by atoms with Crippen LogP contribution >= 0.6 is 0 Å². The molecule has 0 bridgehead atoms. The molecule has 4 aromatic rings. The Kier molecular flexibility index (Phi) is 9.60. The first kappa shape index (κ1) is 32.5. The number of carbonyl (C=O) groups is 2. The lowest BCUT2D eigenvalue weighted by molar-refractivity contribution is -0.852. The highest BCUT2D eigenvalue weighted by Gasteiger charge is 2.57. The van der Waals surface area contributed by atoms with Crippen molar-refractivity contribution in [2.45, 2.75) is 63.4 Å². The SMILES string of the molecule is CC(C)(C)OC(=O)C(F)(F)c1ccc(C[C@@H]2C(C(=O)OCc3ccccc3)[C@H](c3ccccc3)[C@@H](c3ccccc3)O[N+]2=O)cc1. The third kappa shape index (κ3) is 7.47. The Morgan fingerprint density at radius 1 is 0.761 bits per heavy atom. The van der Waals surface area contributed by atoms with Crippen molar-refractivity contribution in [1.82, 2.24) is 0 Å². The highest BCUT2D eigenvalue weighted by atomic mass is 19.3. The van der Waals surface area contributed by atoms with Crippen molar-refractivity contribution in [2.75, 3.05) is 0 Å². The number of rotatable bonds is 9. The van der Waals surface area contributed by atoms with Gasteiger partial charge in [0.2, 0.25) is 11.0 Å². The number of carbonyl (C=O) groups excluding carboxylic acids is 2. The molecule has 0 radical (unpaired) electrons. The summed E-state index contributed by atoms with van der Waals surface area (Å²) in [6, 6.07) is 31.8. The molecule has 4 aromatic carbocycles. The van der Waals surface area contributed by atoms with Crippen molar-refractivity contribution in [3.8, 4) is 0 Å². The lowest BCUT2D eigenvalue weighted by Gasteiger charge is -2.35. The number of esters is 2. The molecule has 1 unspecified atom stereocenters. The second-order valence-electron chi connectivity index (χ2n) is 12.3. The molecular weight excluding hydrogens is 592 g/mol. The largest absolute Gasteiger partial charge is 0.460 e. The minimum absolute atomic E-state index is 0.00850. The molecule has 0 N–H and O–H groups in total. The van der Waals surface area contributed by atoms with Gasteiger partial charge in [-0.15, -0.1) is 0 Å². The zero-order chi connectivity index (χ0) is 32.9. The maximum atomic E-state index is 15.0. The van der Waals surface area contributed by atoms with Crippen LogP contribution in [0.3, 0.4) is 0 Å². The number of halogens is 2. The molecule has 7 nitrogen and oxygen atoms in total. The smallest absolute Gasteiger partial charge is 0.382 e. The number of benzene rings is 4. The summed E-state index contributed by atoms with van der Waals surface area (Å²) in [7, 11) is 0. The number of hydrogen-bond acceptors (Lipinski definition) is 6. The van der Waals surface area contributed by atoms with Gasteiger partial charge in [0, 0.05) is 17.5 Å². The third-order valence-electron chi connectivity index (χ3n) is 7.84. The van der Waals surface area contributed by atoms with Crippen molar-refractivity contribution < 1.29 is 37.6 Å². The third-order valence-corrected chi connectivity index (χ3v) is 7.84. The molecule has 1 aliphatic heterocycles. The molecule has 1 heterocycles. The van der Waals surface area contributed by atoms with Crippen LogP contribution in [0.15, 0.2) is 115 Å². The molecule has 9 heteroatoms. The normalized spacial score (nSPS) is 20.0. The topological polar surface area (TPSA) is 81.9 Å². The van der Waals surface area contributed by atoms with Crippen molar-refractivity contribution in [3.05, 3.63) is 148 Å². The monoisotopic (exact) mass is 628 g/mol. The zero-order valence-electron chi connectivity index (χ0n) is 25.8. The summed E-state index contributed by atoms with van der Waals surface area (Å²) in [6.45, 7) is 4.54. The molecule has 4 atom stereocenters. The van der Waals surface area contributed by atoms with Crippen LogP contribution in [0.25, 0.3) is 0 Å². The first-order valence-corrected chi connectivity index (χ1v) is 15.1. The average Bonchev–Trinajstić information content (AvgIpc) is 3.05. The molecule has 0 spiro atoms. The number of hydrogen-bond donors (Lipinski definition) is 0. The van der Waals surface area contributed by atoms with E-state index in [-0.39, 0.29) is 13.0 Å². The fourth-order valence-electron chi connectivity index (χ4n) is 5.66. The minimum Gasteiger partial charge on any atom is -0.460 e. The van der Waals surface area contributed by atoms with Gasteiger partial charge < -0.3 is 9.47 Å². The Hall–Kier alpha value is -4.92. The highest BCUT2D eigenvalue weighted by molar-refractivity contribution is 5.79. The van der Waals surface area contributed by atoms with Crippen molar-refractivity contribution in [1.29, 1.82) is 0 Å². The first-order chi connectivity index (χ1) is 21.9. The Morgan fingerprint density at radius 2 is 1.30 bits per heavy atom. The van der Waals surface area contributed by atoms with E-state index in [0.717, 1.165) is 23.3 Å². The Bertz CT molecular complexity index is 1640. The van der Waals surface area contributed by atoms with E-state index < -0.39 is 53.0 Å². The van der Waals surface area contributed by atoms with E-state index >= 15 is 0 Å². The van der Waals surface area contributed by atoms with E-state index in [9.17, 15) is 23.3 Å². The summed E-state index contributed by atoms with van der Waals surface area (Å²) in [5, 5.41) is 0. The quantitative estimate of drug-likeness (QED) is 0.177. The van der Waals surface area contributed by atoms with Crippen LogP contribution in [0.4, 0.5) is 8.78 Å². The summed E-state index contributed by atoms with van der Waals surface area (Å²) in [5.74, 6) is -7.72. The second kappa shape index (κ2) is 13.6. The van der Waals surface area contributed by atoms with E-state index in [1.165, 1.54) is 32.9 Å². The van der Waals surface area contributed by atoms with E-state index in [0.29, 0.717) is 16.1 Å². The van der Waals surface area contributed by atoms with E-state index in [1.54, 1.807) is 0 Å². The second-order valence-corrected chi connectivity index (χ2v) is 12.3. The molecular formula is C37H36F2NO6+. The molecule has 1 aliphatic rings. The van der Waals surface area contributed by atoms with Crippen LogP contribution in [0.2, 0.25) is 0 Å². The van der Waals surface area contributed by atoms with Gasteiger partial charge >= 0.3 is 17.9 Å². The lowest BCUT2D eigenvalue weighted by Crippen LogP contribution is -2.49. The first-order valence-electron chi connectivity index (χ1n) is 15.1. The predicted octanol–water partition coefficient (Wildman–Crippen LogP) is 7.64.